The minimum Gasteiger partial charge on any atom is -0.465 e. The van der Waals surface area contributed by atoms with Crippen LogP contribution in [0.3, 0.4) is 0 Å². The Hall–Kier alpha value is -3.63. The minimum atomic E-state index is -0.969. The van der Waals surface area contributed by atoms with Crippen LogP contribution in [0, 0.1) is 0 Å². The highest BCUT2D eigenvalue weighted by Crippen LogP contribution is 2.28. The van der Waals surface area contributed by atoms with Crippen molar-refractivity contribution < 1.29 is 19.4 Å². The maximum absolute atomic E-state index is 13.5. The van der Waals surface area contributed by atoms with Gasteiger partial charge < -0.3 is 24.5 Å². The van der Waals surface area contributed by atoms with E-state index in [1.165, 1.54) is 16.7 Å². The molecular weight excluding hydrogens is 490 g/mol. The summed E-state index contributed by atoms with van der Waals surface area (Å²) in [6.07, 6.45) is 2.81. The number of nitrogens with zero attached hydrogens (tertiary/aromatic N) is 5. The summed E-state index contributed by atoms with van der Waals surface area (Å²) in [6.45, 7) is 1.82. The molecule has 2 aromatic carbocycles. The van der Waals surface area contributed by atoms with Crippen LogP contribution in [0.15, 0.2) is 66.0 Å². The molecule has 1 aliphatic rings. The molecule has 0 spiro atoms. The number of fused-ring (bicyclic) bond motifs is 1. The van der Waals surface area contributed by atoms with Crippen LogP contribution < -0.4 is 9.80 Å². The molecule has 9 nitrogen and oxygen atoms in total. The maximum Gasteiger partial charge on any atom is 0.407 e. The summed E-state index contributed by atoms with van der Waals surface area (Å²) in [4.78, 5) is 38.6. The molecule has 0 fully saturated rings. The zero-order valence-corrected chi connectivity index (χ0v) is 22.0. The van der Waals surface area contributed by atoms with Gasteiger partial charge in [-0.3, -0.25) is 4.79 Å². The Morgan fingerprint density at radius 2 is 1.97 bits per heavy atom. The molecule has 0 unspecified atom stereocenters. The van der Waals surface area contributed by atoms with Gasteiger partial charge in [0.15, 0.2) is 5.16 Å². The molecule has 0 saturated heterocycles. The van der Waals surface area contributed by atoms with Crippen LogP contribution >= 0.6 is 11.8 Å². The first-order chi connectivity index (χ1) is 17.9. The number of hydrogen-bond donors (Lipinski definition) is 1. The monoisotopic (exact) mass is 521 g/mol. The van der Waals surface area contributed by atoms with Crippen molar-refractivity contribution in [1.29, 1.82) is 0 Å². The average molecular weight is 522 g/mol. The van der Waals surface area contributed by atoms with Crippen molar-refractivity contribution in [2.45, 2.75) is 24.3 Å². The molecule has 194 valence electrons. The van der Waals surface area contributed by atoms with E-state index in [0.29, 0.717) is 49.2 Å². The third kappa shape index (κ3) is 6.39. The Bertz CT molecular complexity index is 1240. The largest absolute Gasteiger partial charge is 0.465 e. The molecule has 2 amide bonds. The number of carbonyl (C=O) groups is 2. The highest BCUT2D eigenvalue weighted by Gasteiger charge is 2.28. The van der Waals surface area contributed by atoms with Crippen LogP contribution in [0.25, 0.3) is 0 Å². The highest BCUT2D eigenvalue weighted by atomic mass is 32.2. The van der Waals surface area contributed by atoms with E-state index < -0.39 is 6.09 Å². The third-order valence-electron chi connectivity index (χ3n) is 6.32. The van der Waals surface area contributed by atoms with E-state index in [0.717, 1.165) is 16.8 Å². The van der Waals surface area contributed by atoms with Crippen LogP contribution in [-0.2, 0) is 11.3 Å². The lowest BCUT2D eigenvalue weighted by Gasteiger charge is -2.23. The van der Waals surface area contributed by atoms with E-state index in [2.05, 4.69) is 9.97 Å². The van der Waals surface area contributed by atoms with E-state index in [-0.39, 0.29) is 12.0 Å². The first-order valence-corrected chi connectivity index (χ1v) is 13.2. The predicted molar refractivity (Wildman–Crippen MR) is 144 cm³/mol. The van der Waals surface area contributed by atoms with E-state index in [1.807, 2.05) is 72.8 Å². The lowest BCUT2D eigenvalue weighted by atomic mass is 10.1. The summed E-state index contributed by atoms with van der Waals surface area (Å²) in [5.74, 6) is 0.507. The van der Waals surface area contributed by atoms with Crippen LogP contribution in [0.2, 0.25) is 0 Å². The van der Waals surface area contributed by atoms with Gasteiger partial charge in [0.1, 0.15) is 11.4 Å². The molecule has 1 aliphatic heterocycles. The normalized spacial score (nSPS) is 14.2. The molecule has 10 heteroatoms. The number of thioether (sulfide) groups is 1. The molecule has 37 heavy (non-hydrogen) atoms. The molecule has 1 N–H and O–H groups in total. The quantitative estimate of drug-likeness (QED) is 0.323. The van der Waals surface area contributed by atoms with Crippen molar-refractivity contribution in [3.05, 3.63) is 77.5 Å². The van der Waals surface area contributed by atoms with Crippen LogP contribution in [0.1, 0.15) is 34.0 Å². The Morgan fingerprint density at radius 3 is 2.70 bits per heavy atom. The van der Waals surface area contributed by atoms with Gasteiger partial charge in [-0.05, 0) is 35.9 Å². The first kappa shape index (κ1) is 26.4. The summed E-state index contributed by atoms with van der Waals surface area (Å²) in [5, 5.41) is 9.85. The number of rotatable bonds is 9. The fourth-order valence-electron chi connectivity index (χ4n) is 4.18. The van der Waals surface area contributed by atoms with Gasteiger partial charge in [-0.15, -0.1) is 0 Å². The Balaban J connectivity index is 1.51. The average Bonchev–Trinajstić information content (AvgIpc) is 3.04. The van der Waals surface area contributed by atoms with Gasteiger partial charge in [-0.1, -0.05) is 54.2 Å². The number of anilines is 2. The van der Waals surface area contributed by atoms with Gasteiger partial charge in [0.25, 0.3) is 5.91 Å². The molecule has 1 aromatic heterocycles. The molecule has 0 aliphatic carbocycles. The number of likely N-dealkylation sites (N-methyl/N-ethyl adjacent to an activating group) is 1. The van der Waals surface area contributed by atoms with Gasteiger partial charge in [-0.2, -0.15) is 0 Å². The van der Waals surface area contributed by atoms with Crippen molar-refractivity contribution in [2.75, 3.05) is 49.8 Å². The van der Waals surface area contributed by atoms with Gasteiger partial charge in [0, 0.05) is 45.6 Å². The van der Waals surface area contributed by atoms with E-state index >= 15 is 0 Å². The molecular formula is C27H31N5O4S. The summed E-state index contributed by atoms with van der Waals surface area (Å²) < 4.78 is 6.28. The first-order valence-electron chi connectivity index (χ1n) is 12.0. The Morgan fingerprint density at radius 1 is 1.19 bits per heavy atom. The van der Waals surface area contributed by atoms with E-state index in [9.17, 15) is 14.7 Å². The Kier molecular flexibility index (Phi) is 8.62. The molecule has 1 atom stereocenters. The van der Waals surface area contributed by atoms with Crippen LogP contribution in [-0.4, -0.2) is 72.0 Å². The lowest BCUT2D eigenvalue weighted by molar-refractivity contribution is 0.0288. The summed E-state index contributed by atoms with van der Waals surface area (Å²) in [7, 11) is 3.48. The van der Waals surface area contributed by atoms with Crippen LogP contribution in [0.5, 0.6) is 0 Å². The molecule has 4 rings (SSSR count). The minimum absolute atomic E-state index is 0.135. The third-order valence-corrected chi connectivity index (χ3v) is 6.89. The second-order valence-electron chi connectivity index (χ2n) is 8.85. The lowest BCUT2D eigenvalue weighted by Crippen LogP contribution is -2.33. The van der Waals surface area contributed by atoms with Crippen molar-refractivity contribution >= 4 is 35.3 Å². The molecule has 0 saturated carbocycles. The van der Waals surface area contributed by atoms with Crippen molar-refractivity contribution in [3.63, 3.8) is 0 Å². The SMILES string of the molecule is CSc1ncc2c(n1)N(C)CCN(c1cccc(CO[C@@H](CCN(C)C(=O)O)c3ccccc3)c1)C2=O. The van der Waals surface area contributed by atoms with Crippen molar-refractivity contribution in [3.8, 4) is 0 Å². The van der Waals surface area contributed by atoms with E-state index in [1.54, 1.807) is 18.1 Å². The topological polar surface area (TPSA) is 99.1 Å². The number of carboxylic acid groups (broad SMARTS) is 1. The molecule has 0 bridgehead atoms. The fourth-order valence-corrected chi connectivity index (χ4v) is 4.51. The van der Waals surface area contributed by atoms with Gasteiger partial charge in [0.2, 0.25) is 0 Å². The number of aromatic nitrogens is 2. The second kappa shape index (κ2) is 12.1. The highest BCUT2D eigenvalue weighted by molar-refractivity contribution is 7.98. The summed E-state index contributed by atoms with van der Waals surface area (Å²) >= 11 is 1.44. The zero-order chi connectivity index (χ0) is 26.4. The number of ether oxygens (including phenoxy) is 1. The number of hydrogen-bond acceptors (Lipinski definition) is 7. The predicted octanol–water partition coefficient (Wildman–Crippen LogP) is 4.55. The summed E-state index contributed by atoms with van der Waals surface area (Å²) in [5.41, 5.74) is 3.17. The molecule has 3 aromatic rings. The van der Waals surface area contributed by atoms with E-state index in [4.69, 9.17) is 4.74 Å². The maximum atomic E-state index is 13.5. The smallest absolute Gasteiger partial charge is 0.407 e. The number of amides is 2. The molecule has 0 radical (unpaired) electrons. The van der Waals surface area contributed by atoms with Crippen LogP contribution in [0.4, 0.5) is 16.3 Å². The Labute approximate surface area is 221 Å². The van der Waals surface area contributed by atoms with Crippen molar-refractivity contribution in [2.24, 2.45) is 0 Å². The number of benzene rings is 2. The second-order valence-corrected chi connectivity index (χ2v) is 9.62. The molecule has 2 heterocycles. The van der Waals surface area contributed by atoms with Gasteiger partial charge >= 0.3 is 6.09 Å². The summed E-state index contributed by atoms with van der Waals surface area (Å²) in [6, 6.07) is 17.6. The fraction of sp³-hybridized carbons (Fsp3) is 0.333. The zero-order valence-electron chi connectivity index (χ0n) is 21.2. The van der Waals surface area contributed by atoms with Crippen molar-refractivity contribution in [1.82, 2.24) is 14.9 Å². The standard InChI is InChI=1S/C27H31N5O4S/c1-30-14-15-32(25(33)22-17-28-26(37-3)29-24(22)30)21-11-7-8-19(16-21)18-36-23(12-13-31(2)27(34)35)20-9-5-4-6-10-20/h4-11,16-17,23H,12-15,18H2,1-3H3,(H,34,35)/t23-/m0/s1. The van der Waals surface area contributed by atoms with Gasteiger partial charge in [-0.25, -0.2) is 14.8 Å². The van der Waals surface area contributed by atoms with Gasteiger partial charge in [0.05, 0.1) is 12.7 Å². The number of carbonyl (C=O) groups excluding carboxylic acids is 1.